The van der Waals surface area contributed by atoms with E-state index in [9.17, 15) is 0 Å². The van der Waals surface area contributed by atoms with Crippen molar-refractivity contribution in [1.29, 1.82) is 5.26 Å². The van der Waals surface area contributed by atoms with Crippen LogP contribution in [0.5, 0.6) is 0 Å². The van der Waals surface area contributed by atoms with Gasteiger partial charge in [0.15, 0.2) is 0 Å². The Morgan fingerprint density at radius 2 is 2.07 bits per heavy atom. The van der Waals surface area contributed by atoms with Gasteiger partial charge < -0.3 is 4.52 Å². The highest BCUT2D eigenvalue weighted by Crippen LogP contribution is 2.33. The van der Waals surface area contributed by atoms with Gasteiger partial charge in [-0.1, -0.05) is 35.8 Å². The monoisotopic (exact) mass is 401 g/mol. The zero-order chi connectivity index (χ0) is 19.6. The summed E-state index contributed by atoms with van der Waals surface area (Å²) in [5.74, 6) is 1.17. The van der Waals surface area contributed by atoms with Gasteiger partial charge in [-0.2, -0.15) is 10.2 Å². The Morgan fingerprint density at radius 1 is 1.14 bits per heavy atom. The fraction of sp³-hybridized carbons (Fsp3) is 0.273. The number of benzene rings is 2. The molecule has 0 aliphatic carbocycles. The molecule has 0 saturated carbocycles. The van der Waals surface area contributed by atoms with Crippen LogP contribution in [-0.2, 0) is 6.54 Å². The molecule has 4 aromatic rings. The van der Waals surface area contributed by atoms with E-state index in [4.69, 9.17) is 14.8 Å². The van der Waals surface area contributed by atoms with Crippen molar-refractivity contribution < 1.29 is 4.52 Å². The third kappa shape index (κ3) is 3.65. The number of hydrogen-bond donors (Lipinski definition) is 0. The maximum absolute atomic E-state index is 9.12. The Morgan fingerprint density at radius 3 is 2.97 bits per heavy atom. The van der Waals surface area contributed by atoms with Crippen LogP contribution in [0, 0.1) is 11.3 Å². The lowest BCUT2D eigenvalue weighted by molar-refractivity contribution is 0.111. The second-order valence-electron chi connectivity index (χ2n) is 7.21. The van der Waals surface area contributed by atoms with E-state index in [0.29, 0.717) is 17.3 Å². The van der Waals surface area contributed by atoms with Crippen molar-refractivity contribution >= 4 is 21.6 Å². The number of piperidine rings is 1. The van der Waals surface area contributed by atoms with E-state index in [2.05, 4.69) is 39.3 Å². The van der Waals surface area contributed by atoms with Gasteiger partial charge in [0.2, 0.25) is 11.7 Å². The Balaban J connectivity index is 1.40. The minimum absolute atomic E-state index is 0.0937. The fourth-order valence-electron chi connectivity index (χ4n) is 3.84. The summed E-state index contributed by atoms with van der Waals surface area (Å²) in [6.45, 7) is 1.77. The van der Waals surface area contributed by atoms with Gasteiger partial charge in [-0.05, 0) is 43.7 Å². The number of aromatic nitrogens is 3. The number of para-hydroxylation sites is 1. The van der Waals surface area contributed by atoms with Crippen molar-refractivity contribution in [2.24, 2.45) is 0 Å². The summed E-state index contributed by atoms with van der Waals surface area (Å²) in [4.78, 5) is 11.8. The predicted molar refractivity (Wildman–Crippen MR) is 111 cm³/mol. The van der Waals surface area contributed by atoms with Crippen molar-refractivity contribution in [1.82, 2.24) is 20.0 Å². The lowest BCUT2D eigenvalue weighted by Gasteiger charge is -2.32. The van der Waals surface area contributed by atoms with E-state index in [-0.39, 0.29) is 6.04 Å². The number of nitriles is 1. The summed E-state index contributed by atoms with van der Waals surface area (Å²) in [6.07, 6.45) is 3.29. The van der Waals surface area contributed by atoms with Crippen LogP contribution in [0.25, 0.3) is 21.6 Å². The minimum Gasteiger partial charge on any atom is -0.337 e. The largest absolute Gasteiger partial charge is 0.337 e. The highest BCUT2D eigenvalue weighted by molar-refractivity contribution is 7.18. The topological polar surface area (TPSA) is 78.8 Å². The van der Waals surface area contributed by atoms with Gasteiger partial charge >= 0.3 is 0 Å². The third-order valence-electron chi connectivity index (χ3n) is 5.27. The number of fused-ring (bicyclic) bond motifs is 1. The highest BCUT2D eigenvalue weighted by Gasteiger charge is 2.29. The molecule has 1 aliphatic heterocycles. The van der Waals surface area contributed by atoms with Crippen LogP contribution < -0.4 is 0 Å². The number of rotatable bonds is 4. The molecule has 0 bridgehead atoms. The Kier molecular flexibility index (Phi) is 4.80. The standard InChI is InChI=1S/C22H19N5OS/c23-13-15-6-5-7-16(12-15)21-25-22(28-26-21)18-9-3-4-11-27(18)14-20-24-17-8-1-2-10-19(17)29-20/h1-2,5-8,10,12,18H,3-4,9,11,14H2. The van der Waals surface area contributed by atoms with Crippen molar-refractivity contribution in [3.63, 3.8) is 0 Å². The Bertz CT molecular complexity index is 1160. The molecule has 1 unspecified atom stereocenters. The van der Waals surface area contributed by atoms with Crippen LogP contribution in [-0.4, -0.2) is 26.6 Å². The SMILES string of the molecule is N#Cc1cccc(-c2noc(C3CCCCN3Cc3nc4ccccc4s3)n2)c1. The molecule has 1 fully saturated rings. The molecule has 1 saturated heterocycles. The first-order valence-corrected chi connectivity index (χ1v) is 10.5. The van der Waals surface area contributed by atoms with Crippen LogP contribution >= 0.6 is 11.3 Å². The molecule has 144 valence electrons. The van der Waals surface area contributed by atoms with E-state index in [1.54, 1.807) is 23.5 Å². The van der Waals surface area contributed by atoms with Gasteiger partial charge in [-0.25, -0.2) is 4.98 Å². The molecular formula is C22H19N5OS. The molecular weight excluding hydrogens is 382 g/mol. The molecule has 0 amide bonds. The fourth-order valence-corrected chi connectivity index (χ4v) is 4.83. The van der Waals surface area contributed by atoms with E-state index >= 15 is 0 Å². The molecule has 6 nitrogen and oxygen atoms in total. The number of likely N-dealkylation sites (tertiary alicyclic amines) is 1. The molecule has 29 heavy (non-hydrogen) atoms. The number of hydrogen-bond acceptors (Lipinski definition) is 7. The molecule has 0 spiro atoms. The third-order valence-corrected chi connectivity index (χ3v) is 6.29. The molecule has 5 rings (SSSR count). The number of thiazole rings is 1. The van der Waals surface area contributed by atoms with Crippen LogP contribution in [0.2, 0.25) is 0 Å². The van der Waals surface area contributed by atoms with E-state index in [1.165, 1.54) is 4.70 Å². The normalized spacial score (nSPS) is 17.4. The number of nitrogens with zero attached hydrogens (tertiary/aromatic N) is 5. The second-order valence-corrected chi connectivity index (χ2v) is 8.32. The molecule has 0 radical (unpaired) electrons. The van der Waals surface area contributed by atoms with Crippen molar-refractivity contribution in [2.45, 2.75) is 31.8 Å². The summed E-state index contributed by atoms with van der Waals surface area (Å²) in [7, 11) is 0. The first kappa shape index (κ1) is 18.0. The first-order valence-electron chi connectivity index (χ1n) is 9.73. The zero-order valence-electron chi connectivity index (χ0n) is 15.8. The zero-order valence-corrected chi connectivity index (χ0v) is 16.6. The predicted octanol–water partition coefficient (Wildman–Crippen LogP) is 4.95. The van der Waals surface area contributed by atoms with Gasteiger partial charge in [0.25, 0.3) is 0 Å². The summed E-state index contributed by atoms with van der Waals surface area (Å²) < 4.78 is 6.87. The van der Waals surface area contributed by atoms with Crippen LogP contribution in [0.4, 0.5) is 0 Å². The summed E-state index contributed by atoms with van der Waals surface area (Å²) in [5.41, 5.74) is 2.44. The summed E-state index contributed by atoms with van der Waals surface area (Å²) >= 11 is 1.74. The maximum atomic E-state index is 9.12. The first-order chi connectivity index (χ1) is 14.3. The van der Waals surface area contributed by atoms with Gasteiger partial charge in [0.05, 0.1) is 34.4 Å². The lowest BCUT2D eigenvalue weighted by atomic mass is 10.0. The van der Waals surface area contributed by atoms with Gasteiger partial charge in [-0.15, -0.1) is 11.3 Å². The lowest BCUT2D eigenvalue weighted by Crippen LogP contribution is -2.33. The summed E-state index contributed by atoms with van der Waals surface area (Å²) in [6, 6.07) is 17.8. The second kappa shape index (κ2) is 7.74. The quantitative estimate of drug-likeness (QED) is 0.482. The highest BCUT2D eigenvalue weighted by atomic mass is 32.1. The molecule has 2 aromatic heterocycles. The molecule has 1 atom stereocenters. The van der Waals surface area contributed by atoms with E-state index in [0.717, 1.165) is 48.4 Å². The summed E-state index contributed by atoms with van der Waals surface area (Å²) in [5, 5.41) is 14.4. The van der Waals surface area contributed by atoms with Crippen molar-refractivity contribution in [2.75, 3.05) is 6.54 Å². The Labute approximate surface area is 172 Å². The molecule has 7 heteroatoms. The van der Waals surface area contributed by atoms with Crippen molar-refractivity contribution in [3.05, 3.63) is 65.0 Å². The smallest absolute Gasteiger partial charge is 0.244 e. The van der Waals surface area contributed by atoms with Crippen LogP contribution in [0.15, 0.2) is 53.1 Å². The van der Waals surface area contributed by atoms with Gasteiger partial charge in [0, 0.05) is 5.56 Å². The van der Waals surface area contributed by atoms with Gasteiger partial charge in [-0.3, -0.25) is 4.90 Å². The molecule has 2 aromatic carbocycles. The Hall–Kier alpha value is -3.08. The van der Waals surface area contributed by atoms with Gasteiger partial charge in [0.1, 0.15) is 5.01 Å². The van der Waals surface area contributed by atoms with Crippen LogP contribution in [0.1, 0.15) is 41.8 Å². The van der Waals surface area contributed by atoms with Crippen LogP contribution in [0.3, 0.4) is 0 Å². The van der Waals surface area contributed by atoms with Crippen molar-refractivity contribution in [3.8, 4) is 17.5 Å². The molecule has 1 aliphatic rings. The van der Waals surface area contributed by atoms with E-state index in [1.807, 2.05) is 18.2 Å². The molecule has 3 heterocycles. The van der Waals surface area contributed by atoms with E-state index < -0.39 is 0 Å². The maximum Gasteiger partial charge on any atom is 0.244 e. The molecule has 0 N–H and O–H groups in total. The average Bonchev–Trinajstić information content (AvgIpc) is 3.41. The average molecular weight is 401 g/mol. The minimum atomic E-state index is 0.0937.